The molecule has 4 nitrogen and oxygen atoms in total. The third kappa shape index (κ3) is 3.12. The highest BCUT2D eigenvalue weighted by Gasteiger charge is 2.47. The fourth-order valence-electron chi connectivity index (χ4n) is 3.01. The molecule has 0 unspecified atom stereocenters. The molecule has 0 aromatic carbocycles. The van der Waals surface area contributed by atoms with E-state index in [1.165, 1.54) is 18.9 Å². The molecule has 1 saturated heterocycles. The molecule has 2 bridgehead atoms. The summed E-state index contributed by atoms with van der Waals surface area (Å²) in [6.45, 7) is 4.04. The number of rotatable bonds is 2. The highest BCUT2D eigenvalue weighted by Crippen LogP contribution is 2.49. The van der Waals surface area contributed by atoms with Gasteiger partial charge in [0, 0.05) is 12.5 Å². The fourth-order valence-corrected chi connectivity index (χ4v) is 3.01. The topological polar surface area (TPSA) is 52.6 Å². The van der Waals surface area contributed by atoms with Gasteiger partial charge >= 0.3 is 11.9 Å². The van der Waals surface area contributed by atoms with Crippen molar-refractivity contribution in [2.45, 2.75) is 50.5 Å². The second-order valence-electron chi connectivity index (χ2n) is 5.28. The van der Waals surface area contributed by atoms with Crippen molar-refractivity contribution in [3.8, 4) is 0 Å². The molecule has 0 spiro atoms. The average Bonchev–Trinajstić information content (AvgIpc) is 3.06. The third-order valence-corrected chi connectivity index (χ3v) is 3.95. The molecule has 1 aliphatic heterocycles. The molecule has 0 atom stereocenters. The molecular formula is C14H20O4. The first-order valence-electron chi connectivity index (χ1n) is 6.65. The van der Waals surface area contributed by atoms with Gasteiger partial charge in [-0.3, -0.25) is 4.79 Å². The Balaban J connectivity index is 0.000000169. The molecular weight excluding hydrogens is 232 g/mol. The van der Waals surface area contributed by atoms with Gasteiger partial charge in [0.1, 0.15) is 5.60 Å². The lowest BCUT2D eigenvalue weighted by Crippen LogP contribution is -2.29. The molecule has 0 N–H and O–H groups in total. The van der Waals surface area contributed by atoms with Gasteiger partial charge in [-0.2, -0.15) is 0 Å². The largest absolute Gasteiger partial charge is 0.466 e. The maximum absolute atomic E-state index is 11.0. The van der Waals surface area contributed by atoms with E-state index in [9.17, 15) is 9.59 Å². The lowest BCUT2D eigenvalue weighted by molar-refractivity contribution is -0.152. The zero-order valence-corrected chi connectivity index (χ0v) is 10.7. The van der Waals surface area contributed by atoms with E-state index in [-0.39, 0.29) is 17.5 Å². The van der Waals surface area contributed by atoms with Crippen LogP contribution in [0.15, 0.2) is 12.7 Å². The van der Waals surface area contributed by atoms with Gasteiger partial charge in [-0.05, 0) is 44.4 Å². The summed E-state index contributed by atoms with van der Waals surface area (Å²) >= 11 is 0. The van der Waals surface area contributed by atoms with Gasteiger partial charge in [0.2, 0.25) is 0 Å². The first-order valence-corrected chi connectivity index (χ1v) is 6.65. The van der Waals surface area contributed by atoms with Crippen LogP contribution in [0.1, 0.15) is 44.9 Å². The number of cyclic esters (lactones) is 1. The van der Waals surface area contributed by atoms with E-state index >= 15 is 0 Å². The summed E-state index contributed by atoms with van der Waals surface area (Å²) in [7, 11) is 0. The van der Waals surface area contributed by atoms with Gasteiger partial charge in [-0.25, -0.2) is 4.79 Å². The fraction of sp³-hybridized carbons (Fsp3) is 0.714. The number of hydrogen-bond donors (Lipinski definition) is 0. The summed E-state index contributed by atoms with van der Waals surface area (Å²) in [5, 5.41) is 0. The Morgan fingerprint density at radius 2 is 2.17 bits per heavy atom. The molecule has 2 saturated carbocycles. The number of esters is 2. The number of hydrogen-bond acceptors (Lipinski definition) is 4. The quantitative estimate of drug-likeness (QED) is 0.559. The molecule has 0 aromatic rings. The van der Waals surface area contributed by atoms with Gasteiger partial charge in [-0.15, -0.1) is 0 Å². The van der Waals surface area contributed by atoms with Crippen LogP contribution in [0.4, 0.5) is 0 Å². The van der Waals surface area contributed by atoms with Crippen LogP contribution in [0, 0.1) is 5.92 Å². The predicted octanol–water partition coefficient (Wildman–Crippen LogP) is 2.37. The predicted molar refractivity (Wildman–Crippen MR) is 65.8 cm³/mol. The van der Waals surface area contributed by atoms with Gasteiger partial charge in [0.15, 0.2) is 0 Å². The highest BCUT2D eigenvalue weighted by atomic mass is 16.6. The van der Waals surface area contributed by atoms with E-state index in [1.807, 2.05) is 0 Å². The Morgan fingerprint density at radius 3 is 2.50 bits per heavy atom. The summed E-state index contributed by atoms with van der Waals surface area (Å²) in [5.74, 6) is 0.523. The van der Waals surface area contributed by atoms with Crippen LogP contribution >= 0.6 is 0 Å². The third-order valence-electron chi connectivity index (χ3n) is 3.95. The van der Waals surface area contributed by atoms with Crippen LogP contribution in [-0.2, 0) is 19.1 Å². The van der Waals surface area contributed by atoms with Crippen LogP contribution in [0.2, 0.25) is 0 Å². The summed E-state index contributed by atoms with van der Waals surface area (Å²) < 4.78 is 9.90. The van der Waals surface area contributed by atoms with E-state index in [2.05, 4.69) is 11.3 Å². The number of carbonyl (C=O) groups is 2. The van der Waals surface area contributed by atoms with E-state index in [0.29, 0.717) is 13.0 Å². The molecule has 0 aromatic heterocycles. The van der Waals surface area contributed by atoms with E-state index < -0.39 is 0 Å². The van der Waals surface area contributed by atoms with Crippen LogP contribution in [0.5, 0.6) is 0 Å². The smallest absolute Gasteiger partial charge is 0.330 e. The first kappa shape index (κ1) is 13.1. The Labute approximate surface area is 107 Å². The van der Waals surface area contributed by atoms with Gasteiger partial charge in [0.05, 0.1) is 6.61 Å². The lowest BCUT2D eigenvalue weighted by atomic mass is 9.97. The van der Waals surface area contributed by atoms with Crippen LogP contribution < -0.4 is 0 Å². The monoisotopic (exact) mass is 252 g/mol. The molecule has 100 valence electrons. The average molecular weight is 252 g/mol. The maximum atomic E-state index is 11.0. The Bertz CT molecular complexity index is 332. The normalized spacial score (nSPS) is 32.4. The molecule has 4 heteroatoms. The second kappa shape index (κ2) is 5.55. The summed E-state index contributed by atoms with van der Waals surface area (Å²) in [6.07, 6.45) is 8.51. The van der Waals surface area contributed by atoms with E-state index in [0.717, 1.165) is 31.6 Å². The molecule has 3 aliphatic rings. The molecule has 1 heterocycles. The van der Waals surface area contributed by atoms with Gasteiger partial charge in [0.25, 0.3) is 0 Å². The first-order chi connectivity index (χ1) is 8.63. The van der Waals surface area contributed by atoms with Crippen molar-refractivity contribution in [1.29, 1.82) is 0 Å². The molecule has 3 rings (SSSR count). The second-order valence-corrected chi connectivity index (χ2v) is 5.28. The maximum Gasteiger partial charge on any atom is 0.330 e. The van der Waals surface area contributed by atoms with Crippen molar-refractivity contribution in [3.05, 3.63) is 12.7 Å². The van der Waals surface area contributed by atoms with Crippen molar-refractivity contribution >= 4 is 11.9 Å². The van der Waals surface area contributed by atoms with Gasteiger partial charge < -0.3 is 9.47 Å². The number of carbonyl (C=O) groups excluding carboxylic acids is 2. The van der Waals surface area contributed by atoms with E-state index in [1.54, 1.807) is 0 Å². The zero-order valence-electron chi connectivity index (χ0n) is 10.7. The lowest BCUT2D eigenvalue weighted by Gasteiger charge is -2.25. The van der Waals surface area contributed by atoms with Crippen molar-refractivity contribution < 1.29 is 19.1 Å². The van der Waals surface area contributed by atoms with E-state index in [4.69, 9.17) is 4.74 Å². The SMILES string of the molecule is C=CC(=O)OC12CCC(CC1)C2.O=C1CCCO1. The molecule has 0 radical (unpaired) electrons. The molecule has 0 amide bonds. The Kier molecular flexibility index (Phi) is 4.04. The minimum Gasteiger partial charge on any atom is -0.466 e. The van der Waals surface area contributed by atoms with Crippen LogP contribution in [-0.4, -0.2) is 24.1 Å². The zero-order chi connectivity index (χ0) is 13.0. The Morgan fingerprint density at radius 1 is 1.44 bits per heavy atom. The standard InChI is InChI=1S/C10H14O2.C4H6O2/c1-2-9(11)12-10-5-3-8(7-10)4-6-10;5-4-2-1-3-6-4/h2,8H,1,3-7H2;1-3H2. The number of fused-ring (bicyclic) bond motifs is 2. The van der Waals surface area contributed by atoms with Crippen LogP contribution in [0.25, 0.3) is 0 Å². The van der Waals surface area contributed by atoms with Crippen molar-refractivity contribution in [3.63, 3.8) is 0 Å². The summed E-state index contributed by atoms with van der Waals surface area (Å²) in [5.41, 5.74) is -0.0874. The minimum atomic E-state index is -0.252. The summed E-state index contributed by atoms with van der Waals surface area (Å²) in [6, 6.07) is 0. The summed E-state index contributed by atoms with van der Waals surface area (Å²) in [4.78, 5) is 21.0. The highest BCUT2D eigenvalue weighted by molar-refractivity contribution is 5.81. The minimum absolute atomic E-state index is 0.0463. The van der Waals surface area contributed by atoms with Crippen molar-refractivity contribution in [1.82, 2.24) is 0 Å². The molecule has 2 aliphatic carbocycles. The molecule has 3 fully saturated rings. The van der Waals surface area contributed by atoms with Crippen molar-refractivity contribution in [2.75, 3.05) is 6.61 Å². The Hall–Kier alpha value is -1.32. The number of ether oxygens (including phenoxy) is 2. The van der Waals surface area contributed by atoms with Crippen molar-refractivity contribution in [2.24, 2.45) is 5.92 Å². The molecule has 18 heavy (non-hydrogen) atoms. The van der Waals surface area contributed by atoms with Gasteiger partial charge in [-0.1, -0.05) is 6.58 Å². The van der Waals surface area contributed by atoms with Crippen LogP contribution in [0.3, 0.4) is 0 Å².